The molecule has 8 heteroatoms. The van der Waals surface area contributed by atoms with Gasteiger partial charge in [0.1, 0.15) is 0 Å². The van der Waals surface area contributed by atoms with Crippen molar-refractivity contribution < 1.29 is 13.2 Å². The summed E-state index contributed by atoms with van der Waals surface area (Å²) in [6.45, 7) is 7.75. The molecule has 0 bridgehead atoms. The Kier molecular flexibility index (Phi) is 8.20. The van der Waals surface area contributed by atoms with Gasteiger partial charge < -0.3 is 4.90 Å². The van der Waals surface area contributed by atoms with E-state index in [9.17, 15) is 13.2 Å². The van der Waals surface area contributed by atoms with Crippen LogP contribution in [0.5, 0.6) is 0 Å². The molecule has 5 nitrogen and oxygen atoms in total. The zero-order chi connectivity index (χ0) is 26.1. The molecule has 1 amide bonds. The van der Waals surface area contributed by atoms with Gasteiger partial charge in [-0.1, -0.05) is 60.5 Å². The fourth-order valence-electron chi connectivity index (χ4n) is 5.54. The minimum atomic E-state index is -3.41. The number of benzene rings is 2. The Morgan fingerprint density at radius 1 is 1.14 bits per heavy atom. The number of rotatable bonds is 10. The van der Waals surface area contributed by atoms with Crippen molar-refractivity contribution in [2.45, 2.75) is 57.5 Å². The van der Waals surface area contributed by atoms with Crippen molar-refractivity contribution in [3.05, 3.63) is 82.4 Å². The summed E-state index contributed by atoms with van der Waals surface area (Å²) < 4.78 is 27.6. The van der Waals surface area contributed by atoms with Crippen molar-refractivity contribution in [2.75, 3.05) is 12.3 Å². The fourth-order valence-corrected chi connectivity index (χ4v) is 6.49. The van der Waals surface area contributed by atoms with Gasteiger partial charge >= 0.3 is 0 Å². The Hall–Kier alpha value is -1.86. The van der Waals surface area contributed by atoms with Crippen molar-refractivity contribution in [3.8, 4) is 0 Å². The predicted octanol–water partition coefficient (Wildman–Crippen LogP) is 6.35. The van der Waals surface area contributed by atoms with Crippen molar-refractivity contribution in [3.63, 3.8) is 0 Å². The van der Waals surface area contributed by atoms with Gasteiger partial charge in [0.15, 0.2) is 0 Å². The van der Waals surface area contributed by atoms with Gasteiger partial charge in [0.25, 0.3) is 0 Å². The third kappa shape index (κ3) is 5.83. The predicted molar refractivity (Wildman–Crippen MR) is 147 cm³/mol. The molecule has 2 aromatic rings. The lowest BCUT2D eigenvalue weighted by atomic mass is 9.67. The highest BCUT2D eigenvalue weighted by atomic mass is 35.5. The molecule has 0 aromatic heterocycles. The summed E-state index contributed by atoms with van der Waals surface area (Å²) in [5.74, 6) is 0.234. The van der Waals surface area contributed by atoms with Gasteiger partial charge in [-0.3, -0.25) is 4.79 Å². The third-order valence-corrected chi connectivity index (χ3v) is 9.45. The molecular weight excluding hydrogens is 515 g/mol. The molecule has 1 saturated heterocycles. The average molecular weight is 550 g/mol. The second-order valence-corrected chi connectivity index (χ2v) is 13.3. The highest BCUT2D eigenvalue weighted by Gasteiger charge is 2.53. The summed E-state index contributed by atoms with van der Waals surface area (Å²) in [5, 5.41) is 1.27. The lowest BCUT2D eigenvalue weighted by Gasteiger charge is -2.52. The van der Waals surface area contributed by atoms with E-state index in [-0.39, 0.29) is 42.1 Å². The van der Waals surface area contributed by atoms with Crippen LogP contribution in [-0.4, -0.2) is 37.6 Å². The van der Waals surface area contributed by atoms with Gasteiger partial charge in [-0.2, -0.15) is 0 Å². The van der Waals surface area contributed by atoms with Crippen LogP contribution in [0.3, 0.4) is 0 Å². The standard InChI is InChI=1S/C28H34Cl2N2O3S/c1-4-15-28(3)17-24(21-7-6-8-23(30)16-21)26(20-11-13-22(29)14-12-20)32(27(28)33)25(19-9-10-19)18-31-36(34,35)5-2/h4,6-8,11-14,16,19,24-26,31H,1,5,9-10,15,17-18H2,2-3H3/t24?,25-,26?,28+/m1/s1. The Morgan fingerprint density at radius 2 is 1.83 bits per heavy atom. The molecule has 0 spiro atoms. The number of halogens is 2. The minimum Gasteiger partial charge on any atom is -0.330 e. The molecular formula is C28H34Cl2N2O3S. The number of hydrogen-bond donors (Lipinski definition) is 1. The molecule has 1 saturated carbocycles. The van der Waals surface area contributed by atoms with E-state index in [4.69, 9.17) is 23.2 Å². The van der Waals surface area contributed by atoms with Gasteiger partial charge in [-0.25, -0.2) is 13.1 Å². The van der Waals surface area contributed by atoms with Crippen LogP contribution in [0.1, 0.15) is 62.6 Å². The first-order valence-corrected chi connectivity index (χ1v) is 14.9. The van der Waals surface area contributed by atoms with E-state index in [1.54, 1.807) is 13.0 Å². The van der Waals surface area contributed by atoms with Crippen LogP contribution >= 0.6 is 23.2 Å². The molecule has 1 N–H and O–H groups in total. The Labute approximate surface area is 224 Å². The van der Waals surface area contributed by atoms with Crippen molar-refractivity contribution in [2.24, 2.45) is 11.3 Å². The first-order chi connectivity index (χ1) is 17.1. The number of allylic oxidation sites excluding steroid dienone is 1. The molecule has 1 aliphatic heterocycles. The zero-order valence-electron chi connectivity index (χ0n) is 20.8. The molecule has 4 atom stereocenters. The van der Waals surface area contributed by atoms with Gasteiger partial charge in [0.05, 0.1) is 17.2 Å². The first-order valence-electron chi connectivity index (χ1n) is 12.5. The van der Waals surface area contributed by atoms with Crippen LogP contribution in [0, 0.1) is 11.3 Å². The van der Waals surface area contributed by atoms with Gasteiger partial charge in [-0.05, 0) is 73.9 Å². The highest BCUT2D eigenvalue weighted by molar-refractivity contribution is 7.89. The Morgan fingerprint density at radius 3 is 2.42 bits per heavy atom. The van der Waals surface area contributed by atoms with Crippen molar-refractivity contribution in [1.82, 2.24) is 9.62 Å². The van der Waals surface area contributed by atoms with E-state index in [0.29, 0.717) is 22.9 Å². The number of nitrogens with one attached hydrogen (secondary N) is 1. The molecule has 194 valence electrons. The van der Waals surface area contributed by atoms with Crippen LogP contribution in [0.15, 0.2) is 61.2 Å². The molecule has 0 radical (unpaired) electrons. The highest BCUT2D eigenvalue weighted by Crippen LogP contribution is 2.54. The first kappa shape index (κ1) is 27.2. The number of piperidine rings is 1. The Balaban J connectivity index is 1.87. The third-order valence-electron chi connectivity index (χ3n) is 7.60. The average Bonchev–Trinajstić information content (AvgIpc) is 3.68. The number of carbonyl (C=O) groups is 1. The van der Waals surface area contributed by atoms with E-state index >= 15 is 0 Å². The molecule has 1 aliphatic carbocycles. The second kappa shape index (κ2) is 10.9. The SMILES string of the molecule is C=CC[C@@]1(C)CC(c2cccc(Cl)c2)C(c2ccc(Cl)cc2)N([C@H](CNS(=O)(=O)CC)C2CC2)C1=O. The number of nitrogens with zero attached hydrogens (tertiary/aromatic N) is 1. The monoisotopic (exact) mass is 548 g/mol. The van der Waals surface area contributed by atoms with E-state index < -0.39 is 15.4 Å². The summed E-state index contributed by atoms with van der Waals surface area (Å²) in [6, 6.07) is 14.9. The molecule has 2 unspecified atom stereocenters. The molecule has 2 fully saturated rings. The summed E-state index contributed by atoms with van der Waals surface area (Å²) in [6.07, 6.45) is 4.90. The lowest BCUT2D eigenvalue weighted by molar-refractivity contribution is -0.155. The molecule has 36 heavy (non-hydrogen) atoms. The second-order valence-electron chi connectivity index (χ2n) is 10.3. The largest absolute Gasteiger partial charge is 0.330 e. The van der Waals surface area contributed by atoms with E-state index in [0.717, 1.165) is 24.0 Å². The molecule has 2 aliphatic rings. The quantitative estimate of drug-likeness (QED) is 0.351. The zero-order valence-corrected chi connectivity index (χ0v) is 23.1. The smallest absolute Gasteiger partial charge is 0.229 e. The Bertz CT molecular complexity index is 1210. The van der Waals surface area contributed by atoms with Crippen molar-refractivity contribution in [1.29, 1.82) is 0 Å². The van der Waals surface area contributed by atoms with Crippen LogP contribution in [0.2, 0.25) is 10.0 Å². The maximum absolute atomic E-state index is 14.3. The van der Waals surface area contributed by atoms with Crippen LogP contribution in [0.4, 0.5) is 0 Å². The molecule has 4 rings (SSSR count). The van der Waals surface area contributed by atoms with Gasteiger partial charge in [-0.15, -0.1) is 6.58 Å². The maximum Gasteiger partial charge on any atom is 0.229 e. The van der Waals surface area contributed by atoms with Crippen LogP contribution < -0.4 is 4.72 Å². The van der Waals surface area contributed by atoms with Crippen LogP contribution in [-0.2, 0) is 14.8 Å². The van der Waals surface area contributed by atoms with E-state index in [1.807, 2.05) is 54.3 Å². The number of likely N-dealkylation sites (tertiary alicyclic amines) is 1. The fraction of sp³-hybridized carbons (Fsp3) is 0.464. The number of carbonyl (C=O) groups excluding carboxylic acids is 1. The number of sulfonamides is 1. The van der Waals surface area contributed by atoms with Gasteiger partial charge in [0, 0.05) is 28.5 Å². The summed E-state index contributed by atoms with van der Waals surface area (Å²) >= 11 is 12.7. The maximum atomic E-state index is 14.3. The summed E-state index contributed by atoms with van der Waals surface area (Å²) in [5.41, 5.74) is 1.36. The molecule has 1 heterocycles. The lowest BCUT2D eigenvalue weighted by Crippen LogP contribution is -2.58. The molecule has 2 aromatic carbocycles. The summed E-state index contributed by atoms with van der Waals surface area (Å²) in [4.78, 5) is 16.3. The normalized spacial score (nSPS) is 25.6. The topological polar surface area (TPSA) is 66.5 Å². The van der Waals surface area contributed by atoms with E-state index in [1.165, 1.54) is 0 Å². The summed E-state index contributed by atoms with van der Waals surface area (Å²) in [7, 11) is -3.41. The number of hydrogen-bond acceptors (Lipinski definition) is 3. The van der Waals surface area contributed by atoms with Gasteiger partial charge in [0.2, 0.25) is 15.9 Å². The van der Waals surface area contributed by atoms with E-state index in [2.05, 4.69) is 17.4 Å². The van der Waals surface area contributed by atoms with Crippen LogP contribution in [0.25, 0.3) is 0 Å². The van der Waals surface area contributed by atoms with Crippen molar-refractivity contribution >= 4 is 39.1 Å². The number of amides is 1. The minimum absolute atomic E-state index is 0.00172.